The number of benzene rings is 1. The molecule has 27 heavy (non-hydrogen) atoms. The summed E-state index contributed by atoms with van der Waals surface area (Å²) in [5.41, 5.74) is 1.63. The molecule has 0 heterocycles. The van der Waals surface area contributed by atoms with Crippen molar-refractivity contribution in [2.24, 2.45) is 17.3 Å². The maximum Gasteiger partial charge on any atom is 0.250 e. The first kappa shape index (κ1) is 18.9. The molecule has 4 aliphatic rings. The van der Waals surface area contributed by atoms with Crippen molar-refractivity contribution >= 4 is 39.1 Å². The molecule has 2 unspecified atom stereocenters. The molecule has 0 radical (unpaired) electrons. The van der Waals surface area contributed by atoms with Crippen molar-refractivity contribution in [2.75, 3.05) is 24.4 Å². The third kappa shape index (κ3) is 4.21. The zero-order valence-corrected chi connectivity index (χ0v) is 17.3. The highest BCUT2D eigenvalue weighted by Gasteiger charge is 2.57. The van der Waals surface area contributed by atoms with Gasteiger partial charge in [-0.1, -0.05) is 15.9 Å². The van der Waals surface area contributed by atoms with Gasteiger partial charge in [0.15, 0.2) is 0 Å². The Bertz CT molecular complexity index is 719. The number of nitrogens with one attached hydrogen (secondary N) is 2. The van der Waals surface area contributed by atoms with Crippen LogP contribution in [0.1, 0.15) is 44.9 Å². The van der Waals surface area contributed by atoms with Crippen molar-refractivity contribution in [2.45, 2.75) is 49.3 Å². The molecule has 4 bridgehead atoms. The molecular formula is C21H27BrN2O3. The molecule has 5 nitrogen and oxygen atoms in total. The molecule has 1 aromatic rings. The lowest BCUT2D eigenvalue weighted by atomic mass is 9.48. The Kier molecular flexibility index (Phi) is 5.06. The molecule has 2 N–H and O–H groups in total. The maximum atomic E-state index is 12.7. The second-order valence-corrected chi connectivity index (χ2v) is 10.6. The van der Waals surface area contributed by atoms with Crippen molar-refractivity contribution in [1.82, 2.24) is 0 Å². The fraction of sp³-hybridized carbons (Fsp3) is 0.619. The number of ether oxygens (including phenoxy) is 1. The predicted molar refractivity (Wildman–Crippen MR) is 109 cm³/mol. The molecule has 4 saturated carbocycles. The summed E-state index contributed by atoms with van der Waals surface area (Å²) in [5, 5.41) is 5.79. The molecule has 0 aliphatic heterocycles. The summed E-state index contributed by atoms with van der Waals surface area (Å²) in [4.78, 5) is 24.3. The molecule has 2 atom stereocenters. The molecule has 6 heteroatoms. The number of rotatable bonds is 6. The third-order valence-electron chi connectivity index (χ3n) is 6.37. The van der Waals surface area contributed by atoms with Crippen molar-refractivity contribution in [3.05, 3.63) is 24.3 Å². The van der Waals surface area contributed by atoms with Crippen LogP contribution in [-0.4, -0.2) is 29.9 Å². The average Bonchev–Trinajstić information content (AvgIpc) is 2.54. The van der Waals surface area contributed by atoms with Gasteiger partial charge in [-0.3, -0.25) is 9.59 Å². The fourth-order valence-corrected chi connectivity index (χ4v) is 7.56. The van der Waals surface area contributed by atoms with Gasteiger partial charge in [0.25, 0.3) is 0 Å². The Balaban J connectivity index is 1.35. The van der Waals surface area contributed by atoms with Gasteiger partial charge in [0, 0.05) is 29.2 Å². The topological polar surface area (TPSA) is 67.4 Å². The third-order valence-corrected chi connectivity index (χ3v) is 7.30. The number of halogens is 1. The first-order valence-electron chi connectivity index (χ1n) is 9.75. The summed E-state index contributed by atoms with van der Waals surface area (Å²) in [6, 6.07) is 7.24. The molecule has 146 valence electrons. The zero-order chi connectivity index (χ0) is 19.1. The molecular weight excluding hydrogens is 408 g/mol. The van der Waals surface area contributed by atoms with Crippen LogP contribution in [0.5, 0.6) is 0 Å². The number of amides is 2. The lowest BCUT2D eigenvalue weighted by Crippen LogP contribution is -2.53. The Morgan fingerprint density at radius 3 is 2.11 bits per heavy atom. The molecule has 0 saturated heterocycles. The van der Waals surface area contributed by atoms with E-state index in [1.807, 2.05) is 12.1 Å². The lowest BCUT2D eigenvalue weighted by molar-refractivity contribution is -0.123. The molecule has 2 amide bonds. The summed E-state index contributed by atoms with van der Waals surface area (Å²) in [7, 11) is 1.49. The lowest BCUT2D eigenvalue weighted by Gasteiger charge is -2.60. The van der Waals surface area contributed by atoms with E-state index < -0.39 is 0 Å². The van der Waals surface area contributed by atoms with Gasteiger partial charge < -0.3 is 15.4 Å². The van der Waals surface area contributed by atoms with E-state index in [1.54, 1.807) is 12.1 Å². The highest BCUT2D eigenvalue weighted by Crippen LogP contribution is 2.65. The van der Waals surface area contributed by atoms with E-state index in [0.717, 1.165) is 23.9 Å². The van der Waals surface area contributed by atoms with Gasteiger partial charge in [-0.05, 0) is 80.0 Å². The van der Waals surface area contributed by atoms with Crippen molar-refractivity contribution in [3.63, 3.8) is 0 Å². The second-order valence-electron chi connectivity index (χ2n) is 8.90. The van der Waals surface area contributed by atoms with Crippen LogP contribution in [0, 0.1) is 17.3 Å². The van der Waals surface area contributed by atoms with Gasteiger partial charge in [-0.2, -0.15) is 0 Å². The number of anilines is 2. The summed E-state index contributed by atoms with van der Waals surface area (Å²) in [6.07, 6.45) is 8.06. The average molecular weight is 435 g/mol. The van der Waals surface area contributed by atoms with Crippen LogP contribution in [0.3, 0.4) is 0 Å². The van der Waals surface area contributed by atoms with E-state index in [1.165, 1.54) is 39.2 Å². The van der Waals surface area contributed by atoms with E-state index in [-0.39, 0.29) is 28.2 Å². The minimum Gasteiger partial charge on any atom is -0.375 e. The van der Waals surface area contributed by atoms with Gasteiger partial charge in [-0.25, -0.2) is 0 Å². The van der Waals surface area contributed by atoms with Crippen LogP contribution in [0.2, 0.25) is 0 Å². The second kappa shape index (κ2) is 7.21. The van der Waals surface area contributed by atoms with Crippen LogP contribution in [0.25, 0.3) is 0 Å². The van der Waals surface area contributed by atoms with Crippen LogP contribution < -0.4 is 10.6 Å². The standard InChI is InChI=1S/C21H27BrN2O3/c1-27-12-19(26)24-17-4-2-16(3-5-17)23-18(25)11-20-7-14-6-15(8-20)10-21(22,9-14)13-20/h2-5,14-15H,6-13H2,1H3,(H,23,25)(H,24,26). The maximum absolute atomic E-state index is 12.7. The van der Waals surface area contributed by atoms with Gasteiger partial charge >= 0.3 is 0 Å². The van der Waals surface area contributed by atoms with E-state index in [9.17, 15) is 9.59 Å². The Morgan fingerprint density at radius 1 is 1.04 bits per heavy atom. The molecule has 1 aromatic carbocycles. The minimum atomic E-state index is -0.195. The highest BCUT2D eigenvalue weighted by molar-refractivity contribution is 9.10. The van der Waals surface area contributed by atoms with Crippen molar-refractivity contribution in [3.8, 4) is 0 Å². The van der Waals surface area contributed by atoms with Gasteiger partial charge in [0.1, 0.15) is 6.61 Å². The normalized spacial score (nSPS) is 33.7. The van der Waals surface area contributed by atoms with E-state index >= 15 is 0 Å². The monoisotopic (exact) mass is 434 g/mol. The quantitative estimate of drug-likeness (QED) is 0.654. The van der Waals surface area contributed by atoms with Crippen LogP contribution in [-0.2, 0) is 14.3 Å². The highest BCUT2D eigenvalue weighted by atomic mass is 79.9. The van der Waals surface area contributed by atoms with E-state index in [4.69, 9.17) is 4.74 Å². The molecule has 0 aromatic heterocycles. The number of hydrogen-bond donors (Lipinski definition) is 2. The molecule has 5 rings (SSSR count). The Hall–Kier alpha value is -1.40. The van der Waals surface area contributed by atoms with E-state index in [2.05, 4.69) is 26.6 Å². The summed E-state index contributed by atoms with van der Waals surface area (Å²) < 4.78 is 5.08. The first-order valence-corrected chi connectivity index (χ1v) is 10.5. The van der Waals surface area contributed by atoms with Gasteiger partial charge in [-0.15, -0.1) is 0 Å². The molecule has 0 spiro atoms. The molecule has 4 fully saturated rings. The Morgan fingerprint density at radius 2 is 1.59 bits per heavy atom. The van der Waals surface area contributed by atoms with Crippen LogP contribution in [0.15, 0.2) is 24.3 Å². The number of carbonyl (C=O) groups is 2. The summed E-state index contributed by atoms with van der Waals surface area (Å²) in [5.74, 6) is 1.48. The summed E-state index contributed by atoms with van der Waals surface area (Å²) >= 11 is 4.01. The van der Waals surface area contributed by atoms with Crippen molar-refractivity contribution in [1.29, 1.82) is 0 Å². The molecule has 4 aliphatic carbocycles. The number of alkyl halides is 1. The van der Waals surface area contributed by atoms with Gasteiger partial charge in [0.05, 0.1) is 0 Å². The fourth-order valence-electron chi connectivity index (χ4n) is 6.05. The zero-order valence-electron chi connectivity index (χ0n) is 15.7. The number of carbonyl (C=O) groups excluding carboxylic acids is 2. The Labute approximate surface area is 168 Å². The van der Waals surface area contributed by atoms with Crippen molar-refractivity contribution < 1.29 is 14.3 Å². The summed E-state index contributed by atoms with van der Waals surface area (Å²) in [6.45, 7) is 0.0254. The van der Waals surface area contributed by atoms with Gasteiger partial charge in [0.2, 0.25) is 11.8 Å². The van der Waals surface area contributed by atoms with E-state index in [0.29, 0.717) is 12.1 Å². The number of hydrogen-bond acceptors (Lipinski definition) is 3. The number of methoxy groups -OCH3 is 1. The predicted octanol–water partition coefficient (Wildman–Crippen LogP) is 4.33. The minimum absolute atomic E-state index is 0.0254. The first-order chi connectivity index (χ1) is 12.9. The smallest absolute Gasteiger partial charge is 0.250 e. The largest absolute Gasteiger partial charge is 0.375 e. The van der Waals surface area contributed by atoms with Crippen LogP contribution in [0.4, 0.5) is 11.4 Å². The SMILES string of the molecule is COCC(=O)Nc1ccc(NC(=O)CC23CC4CC(CC(Br)(C4)C2)C3)cc1. The van der Waals surface area contributed by atoms with Crippen LogP contribution >= 0.6 is 15.9 Å².